The second-order valence-corrected chi connectivity index (χ2v) is 2.72. The molecular formula is C8H7ClO4. The molecule has 0 atom stereocenters. The number of halogens is 1. The highest BCUT2D eigenvalue weighted by atomic mass is 35.5. The Kier molecular flexibility index (Phi) is 2.63. The van der Waals surface area contributed by atoms with Crippen molar-refractivity contribution in [2.45, 2.75) is 0 Å². The van der Waals surface area contributed by atoms with Crippen molar-refractivity contribution < 1.29 is 19.7 Å². The summed E-state index contributed by atoms with van der Waals surface area (Å²) in [5.74, 6) is -1.36. The summed E-state index contributed by atoms with van der Waals surface area (Å²) in [7, 11) is 1.18. The van der Waals surface area contributed by atoms with E-state index in [9.17, 15) is 9.90 Å². The van der Waals surface area contributed by atoms with Crippen molar-refractivity contribution in [3.63, 3.8) is 0 Å². The maximum atomic E-state index is 11.0. The Labute approximate surface area is 79.3 Å². The van der Waals surface area contributed by atoms with Crippen LogP contribution in [0.1, 0.15) is 10.4 Å². The molecule has 70 valence electrons. The first kappa shape index (κ1) is 9.67. The van der Waals surface area contributed by atoms with Gasteiger partial charge in [-0.25, -0.2) is 4.79 Å². The van der Waals surface area contributed by atoms with Gasteiger partial charge < -0.3 is 14.9 Å². The third-order valence-corrected chi connectivity index (χ3v) is 1.77. The summed E-state index contributed by atoms with van der Waals surface area (Å²) in [6.07, 6.45) is 0. The van der Waals surface area contributed by atoms with Gasteiger partial charge in [0, 0.05) is 6.07 Å². The van der Waals surface area contributed by atoms with Crippen LogP contribution in [-0.2, 0) is 4.74 Å². The number of hydrogen-bond acceptors (Lipinski definition) is 4. The van der Waals surface area contributed by atoms with Gasteiger partial charge in [-0.15, -0.1) is 0 Å². The number of aromatic hydroxyl groups is 2. The summed E-state index contributed by atoms with van der Waals surface area (Å²) in [4.78, 5) is 11.0. The first-order valence-corrected chi connectivity index (χ1v) is 3.74. The number of methoxy groups -OCH3 is 1. The molecule has 0 unspecified atom stereocenters. The molecular weight excluding hydrogens is 196 g/mol. The van der Waals surface area contributed by atoms with Crippen LogP contribution in [0.4, 0.5) is 0 Å². The van der Waals surface area contributed by atoms with E-state index in [0.29, 0.717) is 0 Å². The quantitative estimate of drug-likeness (QED) is 0.678. The number of esters is 1. The molecule has 0 radical (unpaired) electrons. The maximum absolute atomic E-state index is 11.0. The lowest BCUT2D eigenvalue weighted by molar-refractivity contribution is 0.0597. The second kappa shape index (κ2) is 3.53. The molecule has 1 aromatic carbocycles. The molecule has 0 spiro atoms. The topological polar surface area (TPSA) is 66.8 Å². The predicted octanol–water partition coefficient (Wildman–Crippen LogP) is 1.54. The summed E-state index contributed by atoms with van der Waals surface area (Å²) in [5, 5.41) is 18.2. The Morgan fingerprint density at radius 3 is 2.54 bits per heavy atom. The molecule has 0 bridgehead atoms. The van der Waals surface area contributed by atoms with Crippen molar-refractivity contribution in [3.8, 4) is 11.5 Å². The largest absolute Gasteiger partial charge is 0.507 e. The number of rotatable bonds is 1. The normalized spacial score (nSPS) is 9.69. The number of ether oxygens (including phenoxy) is 1. The highest BCUT2D eigenvalue weighted by Crippen LogP contribution is 2.31. The summed E-state index contributed by atoms with van der Waals surface area (Å²) in [5.41, 5.74) is -0.0784. The Morgan fingerprint density at radius 2 is 2.00 bits per heavy atom. The van der Waals surface area contributed by atoms with Gasteiger partial charge in [0.15, 0.2) is 0 Å². The van der Waals surface area contributed by atoms with Crippen molar-refractivity contribution in [2.75, 3.05) is 7.11 Å². The van der Waals surface area contributed by atoms with Crippen LogP contribution >= 0.6 is 11.6 Å². The molecule has 1 rings (SSSR count). The first-order chi connectivity index (χ1) is 6.06. The van der Waals surface area contributed by atoms with Crippen LogP contribution in [0.5, 0.6) is 11.5 Å². The van der Waals surface area contributed by atoms with E-state index in [4.69, 9.17) is 16.7 Å². The van der Waals surface area contributed by atoms with E-state index in [-0.39, 0.29) is 22.1 Å². The van der Waals surface area contributed by atoms with E-state index in [1.807, 2.05) is 0 Å². The lowest BCUT2D eigenvalue weighted by atomic mass is 10.2. The summed E-state index contributed by atoms with van der Waals surface area (Å²) >= 11 is 5.52. The van der Waals surface area contributed by atoms with Gasteiger partial charge in [-0.3, -0.25) is 0 Å². The van der Waals surface area contributed by atoms with Crippen molar-refractivity contribution in [1.82, 2.24) is 0 Å². The number of phenolic OH excluding ortho intramolecular Hbond substituents is 2. The summed E-state index contributed by atoms with van der Waals surface area (Å²) in [6.45, 7) is 0. The Bertz CT molecular complexity index is 348. The van der Waals surface area contributed by atoms with Gasteiger partial charge in [0.1, 0.15) is 17.1 Å². The van der Waals surface area contributed by atoms with Gasteiger partial charge >= 0.3 is 5.97 Å². The minimum Gasteiger partial charge on any atom is -0.507 e. The number of benzene rings is 1. The minimum atomic E-state index is -0.709. The number of hydrogen-bond donors (Lipinski definition) is 2. The van der Waals surface area contributed by atoms with Gasteiger partial charge in [0.2, 0.25) is 0 Å². The molecule has 0 amide bonds. The molecule has 0 aliphatic heterocycles. The smallest absolute Gasteiger partial charge is 0.341 e. The van der Waals surface area contributed by atoms with Gasteiger partial charge in [-0.2, -0.15) is 0 Å². The van der Waals surface area contributed by atoms with Gasteiger partial charge in [0.05, 0.1) is 12.1 Å². The number of carbonyl (C=O) groups is 1. The molecule has 0 saturated carbocycles. The van der Waals surface area contributed by atoms with Crippen molar-refractivity contribution >= 4 is 17.6 Å². The third-order valence-electron chi connectivity index (χ3n) is 1.47. The zero-order chi connectivity index (χ0) is 10.0. The van der Waals surface area contributed by atoms with Crippen LogP contribution in [0.15, 0.2) is 12.1 Å². The second-order valence-electron chi connectivity index (χ2n) is 2.31. The van der Waals surface area contributed by atoms with Crippen molar-refractivity contribution in [3.05, 3.63) is 22.7 Å². The zero-order valence-electron chi connectivity index (χ0n) is 6.74. The molecule has 1 aromatic rings. The molecule has 2 N–H and O–H groups in total. The lowest BCUT2D eigenvalue weighted by Crippen LogP contribution is -2.01. The van der Waals surface area contributed by atoms with Gasteiger partial charge in [-0.05, 0) is 6.07 Å². The average molecular weight is 203 g/mol. The number of carbonyl (C=O) groups excluding carboxylic acids is 1. The van der Waals surface area contributed by atoms with Gasteiger partial charge in [-0.1, -0.05) is 11.6 Å². The molecule has 0 aromatic heterocycles. The van der Waals surface area contributed by atoms with Crippen LogP contribution in [0.25, 0.3) is 0 Å². The predicted molar refractivity (Wildman–Crippen MR) is 46.1 cm³/mol. The van der Waals surface area contributed by atoms with Crippen LogP contribution in [0.3, 0.4) is 0 Å². The summed E-state index contributed by atoms with van der Waals surface area (Å²) < 4.78 is 4.37. The van der Waals surface area contributed by atoms with Crippen LogP contribution in [0, 0.1) is 0 Å². The molecule has 0 heterocycles. The lowest BCUT2D eigenvalue weighted by Gasteiger charge is -2.03. The van der Waals surface area contributed by atoms with E-state index in [1.54, 1.807) is 0 Å². The Morgan fingerprint density at radius 1 is 1.38 bits per heavy atom. The minimum absolute atomic E-state index is 0.0156. The molecule has 13 heavy (non-hydrogen) atoms. The highest BCUT2D eigenvalue weighted by molar-refractivity contribution is 6.32. The molecule has 0 saturated heterocycles. The van der Waals surface area contributed by atoms with E-state index in [2.05, 4.69) is 4.74 Å². The van der Waals surface area contributed by atoms with E-state index >= 15 is 0 Å². The average Bonchev–Trinajstić information content (AvgIpc) is 2.10. The fourth-order valence-electron chi connectivity index (χ4n) is 0.824. The Hall–Kier alpha value is -1.42. The van der Waals surface area contributed by atoms with Crippen LogP contribution in [-0.4, -0.2) is 23.3 Å². The monoisotopic (exact) mass is 202 g/mol. The molecule has 5 heteroatoms. The summed E-state index contributed by atoms with van der Waals surface area (Å²) in [6, 6.07) is 2.12. The van der Waals surface area contributed by atoms with Crippen LogP contribution in [0.2, 0.25) is 5.02 Å². The molecule has 0 aliphatic carbocycles. The maximum Gasteiger partial charge on any atom is 0.341 e. The molecule has 0 aliphatic rings. The van der Waals surface area contributed by atoms with Gasteiger partial charge in [0.25, 0.3) is 0 Å². The fraction of sp³-hybridized carbons (Fsp3) is 0.125. The number of phenols is 2. The third kappa shape index (κ3) is 1.84. The Balaban J connectivity index is 3.23. The van der Waals surface area contributed by atoms with E-state index in [0.717, 1.165) is 12.1 Å². The SMILES string of the molecule is COC(=O)c1cc(Cl)c(O)cc1O. The first-order valence-electron chi connectivity index (χ1n) is 3.36. The van der Waals surface area contributed by atoms with Crippen molar-refractivity contribution in [1.29, 1.82) is 0 Å². The van der Waals surface area contributed by atoms with E-state index in [1.165, 1.54) is 7.11 Å². The fourth-order valence-corrected chi connectivity index (χ4v) is 0.988. The highest BCUT2D eigenvalue weighted by Gasteiger charge is 2.14. The van der Waals surface area contributed by atoms with Crippen LogP contribution < -0.4 is 0 Å². The van der Waals surface area contributed by atoms with Crippen molar-refractivity contribution in [2.24, 2.45) is 0 Å². The zero-order valence-corrected chi connectivity index (χ0v) is 7.50. The molecule has 4 nitrogen and oxygen atoms in total. The standard InChI is InChI=1S/C8H7ClO4/c1-13-8(12)4-2-5(9)7(11)3-6(4)10/h2-3,10-11H,1H3. The molecule has 0 fully saturated rings. The van der Waals surface area contributed by atoms with E-state index < -0.39 is 5.97 Å².